The maximum atomic E-state index is 10.5. The van der Waals surface area contributed by atoms with Gasteiger partial charge in [-0.25, -0.2) is 4.98 Å². The molecule has 3 nitrogen and oxygen atoms in total. The van der Waals surface area contributed by atoms with Crippen molar-refractivity contribution in [1.82, 2.24) is 9.97 Å². The lowest BCUT2D eigenvalue weighted by molar-refractivity contribution is 0.220. The number of aliphatic hydroxyl groups excluding tert-OH is 1. The van der Waals surface area contributed by atoms with E-state index in [0.717, 1.165) is 33.5 Å². The molecule has 4 rings (SSSR count). The van der Waals surface area contributed by atoms with Crippen LogP contribution in [0.25, 0.3) is 22.4 Å². The fraction of sp³-hybridized carbons (Fsp3) is 0.0952. The van der Waals surface area contributed by atoms with Gasteiger partial charge >= 0.3 is 0 Å². The van der Waals surface area contributed by atoms with Gasteiger partial charge in [0, 0.05) is 5.56 Å². The molecule has 3 aromatic carbocycles. The summed E-state index contributed by atoms with van der Waals surface area (Å²) in [6, 6.07) is 23.8. The van der Waals surface area contributed by atoms with E-state index < -0.39 is 6.10 Å². The molecule has 0 saturated heterocycles. The lowest BCUT2D eigenvalue weighted by atomic mass is 9.99. The van der Waals surface area contributed by atoms with Crippen LogP contribution in [0, 0.1) is 6.92 Å². The molecule has 0 spiro atoms. The van der Waals surface area contributed by atoms with Crippen molar-refractivity contribution in [2.75, 3.05) is 0 Å². The molecule has 0 amide bonds. The van der Waals surface area contributed by atoms with E-state index in [0.29, 0.717) is 0 Å². The van der Waals surface area contributed by atoms with Crippen LogP contribution in [0.5, 0.6) is 0 Å². The average molecular weight is 314 g/mol. The monoisotopic (exact) mass is 314 g/mol. The van der Waals surface area contributed by atoms with Crippen molar-refractivity contribution in [2.24, 2.45) is 0 Å². The van der Waals surface area contributed by atoms with Gasteiger partial charge in [-0.2, -0.15) is 0 Å². The van der Waals surface area contributed by atoms with E-state index in [2.05, 4.69) is 9.97 Å². The van der Waals surface area contributed by atoms with Crippen molar-refractivity contribution in [1.29, 1.82) is 0 Å². The lowest BCUT2D eigenvalue weighted by Gasteiger charge is -2.12. The first-order valence-corrected chi connectivity index (χ1v) is 8.00. The normalized spacial score (nSPS) is 12.4. The maximum Gasteiger partial charge on any atom is 0.138 e. The zero-order valence-electron chi connectivity index (χ0n) is 13.4. The molecule has 24 heavy (non-hydrogen) atoms. The van der Waals surface area contributed by atoms with Crippen LogP contribution in [0.1, 0.15) is 22.8 Å². The molecule has 1 unspecified atom stereocenters. The summed E-state index contributed by atoms with van der Waals surface area (Å²) >= 11 is 0. The summed E-state index contributed by atoms with van der Waals surface area (Å²) in [7, 11) is 0. The van der Waals surface area contributed by atoms with E-state index >= 15 is 0 Å². The summed E-state index contributed by atoms with van der Waals surface area (Å²) in [5, 5.41) is 10.5. The lowest BCUT2D eigenvalue weighted by Crippen LogP contribution is -1.99. The van der Waals surface area contributed by atoms with Gasteiger partial charge in [-0.1, -0.05) is 66.2 Å². The third-order valence-corrected chi connectivity index (χ3v) is 4.28. The number of nitrogens with zero attached hydrogens (tertiary/aromatic N) is 1. The minimum Gasteiger partial charge on any atom is -0.384 e. The maximum absolute atomic E-state index is 10.5. The zero-order valence-corrected chi connectivity index (χ0v) is 13.4. The standard InChI is InChI=1S/C21H18N2O/c1-14-6-8-15(9-7-14)20(24)16-10-12-17(13-11-16)21-22-18-4-2-3-5-19(18)23-21/h2-13,20,24H,1H3,(H,22,23). The largest absolute Gasteiger partial charge is 0.384 e. The molecule has 0 radical (unpaired) electrons. The molecule has 3 heteroatoms. The number of aromatic amines is 1. The second-order valence-corrected chi connectivity index (χ2v) is 6.04. The number of hydrogen-bond acceptors (Lipinski definition) is 2. The Morgan fingerprint density at radius 2 is 1.46 bits per heavy atom. The second-order valence-electron chi connectivity index (χ2n) is 6.04. The highest BCUT2D eigenvalue weighted by Crippen LogP contribution is 2.26. The van der Waals surface area contributed by atoms with Crippen molar-refractivity contribution in [2.45, 2.75) is 13.0 Å². The van der Waals surface area contributed by atoms with Crippen molar-refractivity contribution in [3.05, 3.63) is 89.5 Å². The van der Waals surface area contributed by atoms with Crippen LogP contribution in [0.15, 0.2) is 72.8 Å². The van der Waals surface area contributed by atoms with Gasteiger partial charge in [0.05, 0.1) is 11.0 Å². The van der Waals surface area contributed by atoms with Crippen molar-refractivity contribution < 1.29 is 5.11 Å². The number of imidazole rings is 1. The van der Waals surface area contributed by atoms with Crippen LogP contribution in [-0.4, -0.2) is 15.1 Å². The molecule has 118 valence electrons. The number of H-pyrrole nitrogens is 1. The van der Waals surface area contributed by atoms with Crippen LogP contribution in [0.4, 0.5) is 0 Å². The Morgan fingerprint density at radius 1 is 0.833 bits per heavy atom. The Labute approximate surface area is 140 Å². The molecular formula is C21H18N2O. The number of aryl methyl sites for hydroxylation is 1. The van der Waals surface area contributed by atoms with Gasteiger partial charge in [0.25, 0.3) is 0 Å². The van der Waals surface area contributed by atoms with Crippen LogP contribution in [0.2, 0.25) is 0 Å². The number of rotatable bonds is 3. The summed E-state index contributed by atoms with van der Waals surface area (Å²) < 4.78 is 0. The highest BCUT2D eigenvalue weighted by molar-refractivity contribution is 5.79. The van der Waals surface area contributed by atoms with Gasteiger partial charge in [0.2, 0.25) is 0 Å². The van der Waals surface area contributed by atoms with Gasteiger partial charge in [-0.3, -0.25) is 0 Å². The first-order valence-electron chi connectivity index (χ1n) is 8.00. The van der Waals surface area contributed by atoms with Gasteiger partial charge in [0.15, 0.2) is 0 Å². The number of para-hydroxylation sites is 2. The third-order valence-electron chi connectivity index (χ3n) is 4.28. The van der Waals surface area contributed by atoms with Crippen molar-refractivity contribution >= 4 is 11.0 Å². The first kappa shape index (κ1) is 14.7. The average Bonchev–Trinajstić information content (AvgIpc) is 3.06. The molecule has 4 aromatic rings. The Kier molecular flexibility index (Phi) is 3.63. The van der Waals surface area contributed by atoms with Crippen LogP contribution in [0.3, 0.4) is 0 Å². The summed E-state index contributed by atoms with van der Waals surface area (Å²) in [6.45, 7) is 2.04. The predicted molar refractivity (Wildman–Crippen MR) is 96.8 cm³/mol. The molecular weight excluding hydrogens is 296 g/mol. The van der Waals surface area contributed by atoms with Crippen LogP contribution < -0.4 is 0 Å². The third kappa shape index (κ3) is 2.70. The first-order chi connectivity index (χ1) is 11.7. The summed E-state index contributed by atoms with van der Waals surface area (Å²) in [6.07, 6.45) is -0.615. The fourth-order valence-electron chi connectivity index (χ4n) is 2.85. The minimum absolute atomic E-state index is 0.615. The Hall–Kier alpha value is -2.91. The minimum atomic E-state index is -0.615. The number of hydrogen-bond donors (Lipinski definition) is 2. The number of aromatic nitrogens is 2. The van der Waals surface area contributed by atoms with E-state index in [9.17, 15) is 5.11 Å². The van der Waals surface area contributed by atoms with Crippen molar-refractivity contribution in [3.8, 4) is 11.4 Å². The smallest absolute Gasteiger partial charge is 0.138 e. The SMILES string of the molecule is Cc1ccc(C(O)c2ccc(-c3nc4ccccc4[nH]3)cc2)cc1. The summed E-state index contributed by atoms with van der Waals surface area (Å²) in [5.41, 5.74) is 5.94. The van der Waals surface area contributed by atoms with Crippen LogP contribution >= 0.6 is 0 Å². The Morgan fingerprint density at radius 3 is 2.12 bits per heavy atom. The van der Waals surface area contributed by atoms with Gasteiger partial charge in [-0.15, -0.1) is 0 Å². The van der Waals surface area contributed by atoms with E-state index in [1.165, 1.54) is 5.56 Å². The molecule has 0 aliphatic heterocycles. The number of benzene rings is 3. The number of aliphatic hydroxyl groups is 1. The Balaban J connectivity index is 1.63. The second kappa shape index (κ2) is 5.95. The molecule has 1 heterocycles. The van der Waals surface area contributed by atoms with E-state index in [-0.39, 0.29) is 0 Å². The summed E-state index contributed by atoms with van der Waals surface area (Å²) in [5.74, 6) is 0.840. The van der Waals surface area contributed by atoms with E-state index in [1.807, 2.05) is 79.7 Å². The highest BCUT2D eigenvalue weighted by Gasteiger charge is 2.11. The quantitative estimate of drug-likeness (QED) is 0.579. The number of nitrogens with one attached hydrogen (secondary N) is 1. The molecule has 1 atom stereocenters. The molecule has 0 aliphatic carbocycles. The molecule has 0 bridgehead atoms. The molecule has 1 aromatic heterocycles. The highest BCUT2D eigenvalue weighted by atomic mass is 16.3. The fourth-order valence-corrected chi connectivity index (χ4v) is 2.85. The van der Waals surface area contributed by atoms with Crippen LogP contribution in [-0.2, 0) is 0 Å². The van der Waals surface area contributed by atoms with Gasteiger partial charge < -0.3 is 10.1 Å². The molecule has 0 fully saturated rings. The van der Waals surface area contributed by atoms with E-state index in [1.54, 1.807) is 0 Å². The predicted octanol–water partition coefficient (Wildman–Crippen LogP) is 4.62. The topological polar surface area (TPSA) is 48.9 Å². The van der Waals surface area contributed by atoms with Crippen molar-refractivity contribution in [3.63, 3.8) is 0 Å². The summed E-state index contributed by atoms with van der Waals surface area (Å²) in [4.78, 5) is 7.93. The van der Waals surface area contributed by atoms with Gasteiger partial charge in [-0.05, 0) is 30.2 Å². The van der Waals surface area contributed by atoms with E-state index in [4.69, 9.17) is 0 Å². The molecule has 0 aliphatic rings. The molecule has 0 saturated carbocycles. The molecule has 2 N–H and O–H groups in total. The zero-order chi connectivity index (χ0) is 16.5. The van der Waals surface area contributed by atoms with Gasteiger partial charge in [0.1, 0.15) is 11.9 Å². The number of fused-ring (bicyclic) bond motifs is 1. The Bertz CT molecular complexity index is 936.